The van der Waals surface area contributed by atoms with Gasteiger partial charge in [0.2, 0.25) is 0 Å². The van der Waals surface area contributed by atoms with Crippen LogP contribution >= 0.6 is 0 Å². The summed E-state index contributed by atoms with van der Waals surface area (Å²) in [5.74, 6) is 0.625. The molecular formula is C23H22F3NO. The smallest absolute Gasteiger partial charge is 0.416 e. The van der Waals surface area contributed by atoms with Crippen molar-refractivity contribution in [3.8, 4) is 16.9 Å². The molecular weight excluding hydrogens is 363 g/mol. The molecule has 3 aromatic rings. The SMILES string of the molecule is COc1ccc(CN[C@H](C)c2ccccc2)cc1-c1ccc(C(F)(F)F)cc1. The van der Waals surface area contributed by atoms with Crippen molar-refractivity contribution in [2.24, 2.45) is 0 Å². The van der Waals surface area contributed by atoms with Gasteiger partial charge in [0.15, 0.2) is 0 Å². The first kappa shape index (κ1) is 20.0. The Bertz CT molecular complexity index is 905. The first-order valence-corrected chi connectivity index (χ1v) is 9.01. The monoisotopic (exact) mass is 385 g/mol. The highest BCUT2D eigenvalue weighted by molar-refractivity contribution is 5.71. The van der Waals surface area contributed by atoms with Crippen molar-refractivity contribution in [1.82, 2.24) is 5.32 Å². The molecule has 0 radical (unpaired) electrons. The molecule has 0 spiro atoms. The summed E-state index contributed by atoms with van der Waals surface area (Å²) < 4.78 is 43.8. The van der Waals surface area contributed by atoms with Gasteiger partial charge in [0.1, 0.15) is 5.75 Å². The Balaban J connectivity index is 1.80. The molecule has 1 atom stereocenters. The van der Waals surface area contributed by atoms with Crippen LogP contribution in [-0.4, -0.2) is 7.11 Å². The quantitative estimate of drug-likeness (QED) is 0.543. The number of hydrogen-bond acceptors (Lipinski definition) is 2. The number of ether oxygens (including phenoxy) is 1. The van der Waals surface area contributed by atoms with Crippen molar-refractivity contribution >= 4 is 0 Å². The van der Waals surface area contributed by atoms with E-state index in [0.717, 1.165) is 23.3 Å². The molecule has 0 saturated heterocycles. The maximum absolute atomic E-state index is 12.8. The summed E-state index contributed by atoms with van der Waals surface area (Å²) >= 11 is 0. The van der Waals surface area contributed by atoms with E-state index in [1.165, 1.54) is 17.7 Å². The summed E-state index contributed by atoms with van der Waals surface area (Å²) in [6, 6.07) is 21.2. The van der Waals surface area contributed by atoms with Gasteiger partial charge in [0.05, 0.1) is 12.7 Å². The van der Waals surface area contributed by atoms with Gasteiger partial charge in [-0.3, -0.25) is 0 Å². The molecule has 28 heavy (non-hydrogen) atoms. The molecule has 146 valence electrons. The van der Waals surface area contributed by atoms with Crippen LogP contribution in [0.5, 0.6) is 5.75 Å². The van der Waals surface area contributed by atoms with Crippen LogP contribution in [0.3, 0.4) is 0 Å². The van der Waals surface area contributed by atoms with Gasteiger partial charge < -0.3 is 10.1 Å². The van der Waals surface area contributed by atoms with E-state index in [0.29, 0.717) is 17.9 Å². The molecule has 1 N–H and O–H groups in total. The number of methoxy groups -OCH3 is 1. The van der Waals surface area contributed by atoms with Crippen molar-refractivity contribution in [1.29, 1.82) is 0 Å². The third kappa shape index (κ3) is 4.73. The average molecular weight is 385 g/mol. The van der Waals surface area contributed by atoms with Gasteiger partial charge in [-0.2, -0.15) is 13.2 Å². The largest absolute Gasteiger partial charge is 0.496 e. The van der Waals surface area contributed by atoms with Crippen LogP contribution < -0.4 is 10.1 Å². The number of alkyl halides is 3. The number of nitrogens with one attached hydrogen (secondary N) is 1. The van der Waals surface area contributed by atoms with E-state index in [1.807, 2.05) is 36.4 Å². The molecule has 0 aromatic heterocycles. The van der Waals surface area contributed by atoms with Crippen molar-refractivity contribution in [3.05, 3.63) is 89.5 Å². The van der Waals surface area contributed by atoms with Gasteiger partial charge in [0.25, 0.3) is 0 Å². The highest BCUT2D eigenvalue weighted by atomic mass is 19.4. The van der Waals surface area contributed by atoms with E-state index in [2.05, 4.69) is 24.4 Å². The molecule has 0 amide bonds. The Morgan fingerprint density at radius 1 is 0.929 bits per heavy atom. The zero-order valence-corrected chi connectivity index (χ0v) is 15.8. The Labute approximate surface area is 163 Å². The van der Waals surface area contributed by atoms with Gasteiger partial charge in [-0.1, -0.05) is 48.5 Å². The van der Waals surface area contributed by atoms with Crippen LogP contribution in [0.4, 0.5) is 13.2 Å². The summed E-state index contributed by atoms with van der Waals surface area (Å²) in [5, 5.41) is 3.47. The topological polar surface area (TPSA) is 21.3 Å². The van der Waals surface area contributed by atoms with Crippen LogP contribution in [0.1, 0.15) is 29.7 Å². The Morgan fingerprint density at radius 2 is 1.61 bits per heavy atom. The second kappa shape index (κ2) is 8.48. The third-order valence-corrected chi connectivity index (χ3v) is 4.70. The summed E-state index contributed by atoms with van der Waals surface area (Å²) in [4.78, 5) is 0. The minimum Gasteiger partial charge on any atom is -0.496 e. The lowest BCUT2D eigenvalue weighted by molar-refractivity contribution is -0.137. The Morgan fingerprint density at radius 3 is 2.21 bits per heavy atom. The summed E-state index contributed by atoms with van der Waals surface area (Å²) in [5.41, 5.74) is 3.01. The molecule has 0 saturated carbocycles. The molecule has 3 rings (SSSR count). The molecule has 0 aliphatic rings. The third-order valence-electron chi connectivity index (χ3n) is 4.70. The molecule has 0 bridgehead atoms. The fraction of sp³-hybridized carbons (Fsp3) is 0.217. The van der Waals surface area contributed by atoms with Gasteiger partial charge in [-0.25, -0.2) is 0 Å². The highest BCUT2D eigenvalue weighted by Gasteiger charge is 2.30. The lowest BCUT2D eigenvalue weighted by atomic mass is 10.00. The van der Waals surface area contributed by atoms with E-state index in [1.54, 1.807) is 7.11 Å². The molecule has 5 heteroatoms. The maximum atomic E-state index is 12.8. The Kier molecular flexibility index (Phi) is 6.05. The average Bonchev–Trinajstić information content (AvgIpc) is 2.72. The molecule has 0 fully saturated rings. The van der Waals surface area contributed by atoms with Gasteiger partial charge in [-0.15, -0.1) is 0 Å². The Hall–Kier alpha value is -2.79. The van der Waals surface area contributed by atoms with Crippen LogP contribution in [-0.2, 0) is 12.7 Å². The molecule has 2 nitrogen and oxygen atoms in total. The second-order valence-corrected chi connectivity index (χ2v) is 6.62. The molecule has 3 aromatic carbocycles. The standard InChI is InChI=1S/C23H22F3NO/c1-16(18-6-4-3-5-7-18)27-15-17-8-13-22(28-2)21(14-17)19-9-11-20(12-10-19)23(24,25)26/h3-14,16,27H,15H2,1-2H3/t16-/m1/s1. The number of hydrogen-bond donors (Lipinski definition) is 1. The van der Waals surface area contributed by atoms with E-state index < -0.39 is 11.7 Å². The minimum atomic E-state index is -4.35. The van der Waals surface area contributed by atoms with Gasteiger partial charge in [-0.05, 0) is 47.9 Å². The zero-order chi connectivity index (χ0) is 20.1. The predicted molar refractivity (Wildman–Crippen MR) is 105 cm³/mol. The molecule has 0 heterocycles. The van der Waals surface area contributed by atoms with Gasteiger partial charge >= 0.3 is 6.18 Å². The van der Waals surface area contributed by atoms with E-state index in [9.17, 15) is 13.2 Å². The fourth-order valence-corrected chi connectivity index (χ4v) is 3.06. The number of rotatable bonds is 6. The van der Waals surface area contributed by atoms with Crippen molar-refractivity contribution in [2.75, 3.05) is 7.11 Å². The van der Waals surface area contributed by atoms with Crippen molar-refractivity contribution < 1.29 is 17.9 Å². The number of halogens is 3. The van der Waals surface area contributed by atoms with Crippen LogP contribution in [0.2, 0.25) is 0 Å². The molecule has 0 aliphatic carbocycles. The van der Waals surface area contributed by atoms with Crippen molar-refractivity contribution in [3.63, 3.8) is 0 Å². The van der Waals surface area contributed by atoms with Crippen LogP contribution in [0.15, 0.2) is 72.8 Å². The van der Waals surface area contributed by atoms with E-state index in [4.69, 9.17) is 4.74 Å². The summed E-state index contributed by atoms with van der Waals surface area (Å²) in [6.45, 7) is 2.73. The van der Waals surface area contributed by atoms with Crippen LogP contribution in [0, 0.1) is 0 Å². The summed E-state index contributed by atoms with van der Waals surface area (Å²) in [6.07, 6.45) is -4.35. The number of benzene rings is 3. The van der Waals surface area contributed by atoms with Crippen molar-refractivity contribution in [2.45, 2.75) is 25.7 Å². The first-order valence-electron chi connectivity index (χ1n) is 9.01. The maximum Gasteiger partial charge on any atom is 0.416 e. The fourth-order valence-electron chi connectivity index (χ4n) is 3.06. The van der Waals surface area contributed by atoms with E-state index >= 15 is 0 Å². The summed E-state index contributed by atoms with van der Waals surface area (Å²) in [7, 11) is 1.55. The van der Waals surface area contributed by atoms with Gasteiger partial charge in [0, 0.05) is 18.2 Å². The second-order valence-electron chi connectivity index (χ2n) is 6.62. The van der Waals surface area contributed by atoms with E-state index in [-0.39, 0.29) is 6.04 Å². The minimum absolute atomic E-state index is 0.179. The highest BCUT2D eigenvalue weighted by Crippen LogP contribution is 2.34. The molecule has 0 unspecified atom stereocenters. The lowest BCUT2D eigenvalue weighted by Crippen LogP contribution is -2.18. The predicted octanol–water partition coefficient (Wildman–Crippen LogP) is 6.23. The normalized spacial score (nSPS) is 12.6. The first-order chi connectivity index (χ1) is 13.4. The lowest BCUT2D eigenvalue weighted by Gasteiger charge is -2.16. The zero-order valence-electron chi connectivity index (χ0n) is 15.8. The molecule has 0 aliphatic heterocycles. The van der Waals surface area contributed by atoms with Crippen LogP contribution in [0.25, 0.3) is 11.1 Å².